The van der Waals surface area contributed by atoms with E-state index < -0.39 is 17.8 Å². The van der Waals surface area contributed by atoms with Gasteiger partial charge in [-0.05, 0) is 30.4 Å². The predicted octanol–water partition coefficient (Wildman–Crippen LogP) is 4.29. The van der Waals surface area contributed by atoms with Crippen LogP contribution in [0.15, 0.2) is 24.3 Å². The van der Waals surface area contributed by atoms with Crippen molar-refractivity contribution in [1.29, 1.82) is 0 Å². The lowest BCUT2D eigenvalue weighted by Crippen LogP contribution is -2.26. The summed E-state index contributed by atoms with van der Waals surface area (Å²) in [5.41, 5.74) is 5.73. The zero-order valence-corrected chi connectivity index (χ0v) is 10.2. The molecule has 1 aliphatic rings. The maximum atomic E-state index is 12.9. The molecule has 0 amide bonds. The van der Waals surface area contributed by atoms with Gasteiger partial charge in [0.2, 0.25) is 0 Å². The Balaban J connectivity index is 2.26. The van der Waals surface area contributed by atoms with Gasteiger partial charge in [-0.1, -0.05) is 37.5 Å². The molecule has 1 aromatic rings. The van der Waals surface area contributed by atoms with Crippen LogP contribution >= 0.6 is 0 Å². The van der Waals surface area contributed by atoms with Crippen molar-refractivity contribution in [3.05, 3.63) is 35.4 Å². The first-order chi connectivity index (χ1) is 8.50. The fourth-order valence-electron chi connectivity index (χ4n) is 2.79. The predicted molar refractivity (Wildman–Crippen MR) is 64.9 cm³/mol. The minimum atomic E-state index is -4.32. The monoisotopic (exact) mass is 257 g/mol. The molecule has 4 heteroatoms. The third-order valence-corrected chi connectivity index (χ3v) is 3.78. The Morgan fingerprint density at radius 2 is 1.67 bits per heavy atom. The van der Waals surface area contributed by atoms with E-state index in [0.717, 1.165) is 31.7 Å². The molecule has 0 heterocycles. The van der Waals surface area contributed by atoms with E-state index in [9.17, 15) is 13.2 Å². The third-order valence-electron chi connectivity index (χ3n) is 3.78. The molecule has 100 valence electrons. The minimum Gasteiger partial charge on any atom is -0.324 e. The minimum absolute atomic E-state index is 0.183. The van der Waals surface area contributed by atoms with Gasteiger partial charge in [-0.3, -0.25) is 0 Å². The molecule has 1 saturated carbocycles. The van der Waals surface area contributed by atoms with Gasteiger partial charge in [0, 0.05) is 6.04 Å². The number of hydrogen-bond acceptors (Lipinski definition) is 1. The average Bonchev–Trinajstić information content (AvgIpc) is 2.38. The van der Waals surface area contributed by atoms with E-state index in [1.807, 2.05) is 0 Å². The molecule has 18 heavy (non-hydrogen) atoms. The van der Waals surface area contributed by atoms with Crippen molar-refractivity contribution in [3.8, 4) is 0 Å². The summed E-state index contributed by atoms with van der Waals surface area (Å²) in [6.45, 7) is 0. The summed E-state index contributed by atoms with van der Waals surface area (Å²) in [5.74, 6) is 0.183. The van der Waals surface area contributed by atoms with Gasteiger partial charge in [-0.2, -0.15) is 13.2 Å². The number of hydrogen-bond donors (Lipinski definition) is 1. The molecule has 0 aliphatic heterocycles. The Kier molecular flexibility index (Phi) is 3.95. The van der Waals surface area contributed by atoms with Gasteiger partial charge >= 0.3 is 6.18 Å². The van der Waals surface area contributed by atoms with Crippen LogP contribution in [0.3, 0.4) is 0 Å². The zero-order chi connectivity index (χ0) is 13.2. The van der Waals surface area contributed by atoms with Crippen molar-refractivity contribution in [2.45, 2.75) is 44.3 Å². The van der Waals surface area contributed by atoms with Gasteiger partial charge in [0.25, 0.3) is 0 Å². The number of alkyl halides is 3. The molecule has 1 fully saturated rings. The molecular weight excluding hydrogens is 239 g/mol. The smallest absolute Gasteiger partial charge is 0.324 e. The first-order valence-corrected chi connectivity index (χ1v) is 6.42. The molecule has 0 saturated heterocycles. The molecular formula is C14H18F3N. The third kappa shape index (κ3) is 2.86. The van der Waals surface area contributed by atoms with Crippen LogP contribution in [0.5, 0.6) is 0 Å². The van der Waals surface area contributed by atoms with E-state index in [1.165, 1.54) is 18.6 Å². The second kappa shape index (κ2) is 5.31. The normalized spacial score (nSPS) is 19.8. The Morgan fingerprint density at radius 1 is 1.06 bits per heavy atom. The van der Waals surface area contributed by atoms with Gasteiger partial charge in [0.05, 0.1) is 5.56 Å². The Morgan fingerprint density at radius 3 is 2.28 bits per heavy atom. The largest absolute Gasteiger partial charge is 0.416 e. The van der Waals surface area contributed by atoms with Crippen LogP contribution in [0, 0.1) is 5.92 Å². The van der Waals surface area contributed by atoms with Crippen LogP contribution in [0.4, 0.5) is 13.2 Å². The summed E-state index contributed by atoms with van der Waals surface area (Å²) in [6, 6.07) is 5.19. The first kappa shape index (κ1) is 13.4. The lowest BCUT2D eigenvalue weighted by molar-refractivity contribution is -0.138. The van der Waals surface area contributed by atoms with E-state index in [2.05, 4.69) is 0 Å². The number of benzene rings is 1. The van der Waals surface area contributed by atoms with Crippen LogP contribution in [-0.4, -0.2) is 0 Å². The van der Waals surface area contributed by atoms with Crippen molar-refractivity contribution in [2.75, 3.05) is 0 Å². The fourth-order valence-corrected chi connectivity index (χ4v) is 2.79. The SMILES string of the molecule is NC(c1ccccc1C(F)(F)F)C1CCCCC1. The lowest BCUT2D eigenvalue weighted by Gasteiger charge is -2.29. The molecule has 1 unspecified atom stereocenters. The van der Waals surface area contributed by atoms with Crippen LogP contribution in [0.2, 0.25) is 0 Å². The Hall–Kier alpha value is -1.03. The molecule has 1 atom stereocenters. The van der Waals surface area contributed by atoms with E-state index in [4.69, 9.17) is 5.73 Å². The van der Waals surface area contributed by atoms with Gasteiger partial charge in [0.15, 0.2) is 0 Å². The fraction of sp³-hybridized carbons (Fsp3) is 0.571. The summed E-state index contributed by atoms with van der Waals surface area (Å²) >= 11 is 0. The quantitative estimate of drug-likeness (QED) is 0.840. The van der Waals surface area contributed by atoms with Gasteiger partial charge < -0.3 is 5.73 Å². The Bertz CT molecular complexity index is 394. The highest BCUT2D eigenvalue weighted by Crippen LogP contribution is 2.39. The van der Waals surface area contributed by atoms with E-state index in [1.54, 1.807) is 6.07 Å². The highest BCUT2D eigenvalue weighted by Gasteiger charge is 2.35. The zero-order valence-electron chi connectivity index (χ0n) is 10.2. The summed E-state index contributed by atoms with van der Waals surface area (Å²) < 4.78 is 38.8. The van der Waals surface area contributed by atoms with Gasteiger partial charge in [-0.25, -0.2) is 0 Å². The summed E-state index contributed by atoms with van der Waals surface area (Å²) in [6.07, 6.45) is 0.882. The molecule has 0 bridgehead atoms. The maximum absolute atomic E-state index is 12.9. The highest BCUT2D eigenvalue weighted by atomic mass is 19.4. The van der Waals surface area contributed by atoms with Crippen molar-refractivity contribution in [2.24, 2.45) is 11.7 Å². The molecule has 0 radical (unpaired) electrons. The van der Waals surface area contributed by atoms with Crippen molar-refractivity contribution < 1.29 is 13.2 Å². The van der Waals surface area contributed by atoms with Crippen LogP contribution in [0.25, 0.3) is 0 Å². The van der Waals surface area contributed by atoms with Crippen LogP contribution in [0.1, 0.15) is 49.3 Å². The second-order valence-electron chi connectivity index (χ2n) is 5.01. The Labute approximate surface area is 105 Å². The highest BCUT2D eigenvalue weighted by molar-refractivity contribution is 5.32. The lowest BCUT2D eigenvalue weighted by atomic mass is 9.80. The molecule has 0 spiro atoms. The molecule has 0 aromatic heterocycles. The molecule has 2 N–H and O–H groups in total. The van der Waals surface area contributed by atoms with Gasteiger partial charge in [-0.15, -0.1) is 0 Å². The molecule has 1 nitrogen and oxygen atoms in total. The molecule has 1 aromatic carbocycles. The van der Waals surface area contributed by atoms with Crippen LogP contribution < -0.4 is 5.73 Å². The standard InChI is InChI=1S/C14H18F3N/c15-14(16,17)12-9-5-4-8-11(12)13(18)10-6-2-1-3-7-10/h4-5,8-10,13H,1-3,6-7,18H2. The molecule has 2 rings (SSSR count). The van der Waals surface area contributed by atoms with E-state index in [0.29, 0.717) is 0 Å². The summed E-state index contributed by atoms with van der Waals surface area (Å²) in [7, 11) is 0. The number of nitrogens with two attached hydrogens (primary N) is 1. The summed E-state index contributed by atoms with van der Waals surface area (Å²) in [5, 5.41) is 0. The first-order valence-electron chi connectivity index (χ1n) is 6.42. The number of halogens is 3. The van der Waals surface area contributed by atoms with Crippen molar-refractivity contribution >= 4 is 0 Å². The van der Waals surface area contributed by atoms with Crippen molar-refractivity contribution in [3.63, 3.8) is 0 Å². The second-order valence-corrected chi connectivity index (χ2v) is 5.01. The van der Waals surface area contributed by atoms with E-state index in [-0.39, 0.29) is 11.5 Å². The van der Waals surface area contributed by atoms with E-state index >= 15 is 0 Å². The summed E-state index contributed by atoms with van der Waals surface area (Å²) in [4.78, 5) is 0. The van der Waals surface area contributed by atoms with Crippen molar-refractivity contribution in [1.82, 2.24) is 0 Å². The molecule has 1 aliphatic carbocycles. The van der Waals surface area contributed by atoms with Gasteiger partial charge in [0.1, 0.15) is 0 Å². The maximum Gasteiger partial charge on any atom is 0.416 e. The van der Waals surface area contributed by atoms with Crippen LogP contribution in [-0.2, 0) is 6.18 Å². The average molecular weight is 257 g/mol. The topological polar surface area (TPSA) is 26.0 Å². The number of rotatable bonds is 2.